The van der Waals surface area contributed by atoms with Crippen molar-refractivity contribution in [2.24, 2.45) is 0 Å². The summed E-state index contributed by atoms with van der Waals surface area (Å²) < 4.78 is 10.6. The van der Waals surface area contributed by atoms with Gasteiger partial charge in [-0.2, -0.15) is 0 Å². The van der Waals surface area contributed by atoms with Crippen molar-refractivity contribution in [2.45, 2.75) is 38.5 Å². The molecule has 1 aliphatic rings. The van der Waals surface area contributed by atoms with E-state index in [0.717, 1.165) is 13.1 Å². The number of carbonyl (C=O) groups is 1. The zero-order chi connectivity index (χ0) is 12.3. The summed E-state index contributed by atoms with van der Waals surface area (Å²) in [7, 11) is 1.70. The lowest BCUT2D eigenvalue weighted by molar-refractivity contribution is -0.174. The largest absolute Gasteiger partial charge is 0.480 e. The molecule has 0 bridgehead atoms. The Labute approximate surface area is 96.3 Å². The van der Waals surface area contributed by atoms with Crippen LogP contribution in [0.3, 0.4) is 0 Å². The Kier molecular flexibility index (Phi) is 4.29. The summed E-state index contributed by atoms with van der Waals surface area (Å²) in [5.74, 6) is -0.919. The Morgan fingerprint density at radius 1 is 1.50 bits per heavy atom. The number of hydrogen-bond donors (Lipinski definition) is 1. The molecule has 0 radical (unpaired) electrons. The van der Waals surface area contributed by atoms with E-state index in [4.69, 9.17) is 14.6 Å². The predicted octanol–water partition coefficient (Wildman–Crippen LogP) is 0.585. The first kappa shape index (κ1) is 13.4. The molecule has 0 spiro atoms. The van der Waals surface area contributed by atoms with Crippen LogP contribution < -0.4 is 0 Å². The van der Waals surface area contributed by atoms with Crippen LogP contribution in [0.1, 0.15) is 20.8 Å². The van der Waals surface area contributed by atoms with Gasteiger partial charge in [-0.05, 0) is 20.8 Å². The highest BCUT2D eigenvalue weighted by Crippen LogP contribution is 2.27. The molecule has 5 heteroatoms. The highest BCUT2D eigenvalue weighted by Gasteiger charge is 2.43. The molecule has 0 aliphatic carbocycles. The van der Waals surface area contributed by atoms with E-state index in [-0.39, 0.29) is 18.3 Å². The molecule has 0 saturated carbocycles. The lowest BCUT2D eigenvalue weighted by Gasteiger charge is -2.51. The molecule has 94 valence electrons. The summed E-state index contributed by atoms with van der Waals surface area (Å²) in [6, 6.07) is 0.325. The van der Waals surface area contributed by atoms with Crippen LogP contribution in [0.25, 0.3) is 0 Å². The molecular weight excluding hydrogens is 210 g/mol. The van der Waals surface area contributed by atoms with Gasteiger partial charge >= 0.3 is 5.97 Å². The van der Waals surface area contributed by atoms with Gasteiger partial charge in [-0.3, -0.25) is 4.90 Å². The smallest absolute Gasteiger partial charge is 0.329 e. The minimum absolute atomic E-state index is 0.170. The molecule has 1 saturated heterocycles. The highest BCUT2D eigenvalue weighted by atomic mass is 16.5. The number of hydrogen-bond acceptors (Lipinski definition) is 4. The van der Waals surface area contributed by atoms with Crippen LogP contribution in [0.2, 0.25) is 0 Å². The number of carboxylic acid groups (broad SMARTS) is 1. The van der Waals surface area contributed by atoms with Gasteiger partial charge < -0.3 is 14.6 Å². The number of nitrogens with zero attached hydrogens (tertiary/aromatic N) is 1. The minimum Gasteiger partial charge on any atom is -0.480 e. The van der Waals surface area contributed by atoms with Crippen LogP contribution in [-0.2, 0) is 14.3 Å². The molecule has 1 rings (SSSR count). The quantitative estimate of drug-likeness (QED) is 0.725. The van der Waals surface area contributed by atoms with Gasteiger partial charge in [-0.1, -0.05) is 0 Å². The van der Waals surface area contributed by atoms with E-state index in [2.05, 4.69) is 11.8 Å². The number of ether oxygens (including phenoxy) is 2. The Hall–Kier alpha value is -0.650. The first-order valence-electron chi connectivity index (χ1n) is 5.50. The molecule has 0 amide bonds. The van der Waals surface area contributed by atoms with Crippen LogP contribution in [0.4, 0.5) is 0 Å². The topological polar surface area (TPSA) is 59.0 Å². The lowest BCUT2D eigenvalue weighted by atomic mass is 9.93. The third-order valence-corrected chi connectivity index (χ3v) is 3.25. The van der Waals surface area contributed by atoms with Gasteiger partial charge in [0, 0.05) is 26.2 Å². The van der Waals surface area contributed by atoms with Gasteiger partial charge in [-0.25, -0.2) is 4.79 Å². The van der Waals surface area contributed by atoms with Crippen molar-refractivity contribution in [1.82, 2.24) is 4.90 Å². The summed E-state index contributed by atoms with van der Waals surface area (Å²) in [6.45, 7) is 7.36. The SMILES string of the molecule is COC(C)C(C)N1CC(C)(OCC(=O)O)C1. The number of methoxy groups -OCH3 is 1. The van der Waals surface area contributed by atoms with E-state index in [0.29, 0.717) is 6.04 Å². The van der Waals surface area contributed by atoms with Gasteiger partial charge in [0.2, 0.25) is 0 Å². The van der Waals surface area contributed by atoms with Crippen molar-refractivity contribution in [3.8, 4) is 0 Å². The zero-order valence-corrected chi connectivity index (χ0v) is 10.4. The zero-order valence-electron chi connectivity index (χ0n) is 10.4. The molecule has 2 atom stereocenters. The summed E-state index contributed by atoms with van der Waals surface area (Å²) in [6.07, 6.45) is 0.170. The van der Waals surface area contributed by atoms with Crippen LogP contribution in [0.15, 0.2) is 0 Å². The summed E-state index contributed by atoms with van der Waals surface area (Å²) >= 11 is 0. The Morgan fingerprint density at radius 3 is 2.50 bits per heavy atom. The summed E-state index contributed by atoms with van der Waals surface area (Å²) in [5.41, 5.74) is -0.319. The first-order chi connectivity index (χ1) is 7.38. The van der Waals surface area contributed by atoms with Crippen LogP contribution in [0, 0.1) is 0 Å². The van der Waals surface area contributed by atoms with Crippen LogP contribution in [0.5, 0.6) is 0 Å². The third-order valence-electron chi connectivity index (χ3n) is 3.25. The molecule has 1 fully saturated rings. The molecule has 16 heavy (non-hydrogen) atoms. The Morgan fingerprint density at radius 2 is 2.06 bits per heavy atom. The maximum Gasteiger partial charge on any atom is 0.329 e. The second kappa shape index (κ2) is 5.12. The molecule has 5 nitrogen and oxygen atoms in total. The molecule has 1 aliphatic heterocycles. The van der Waals surface area contributed by atoms with Gasteiger partial charge in [-0.15, -0.1) is 0 Å². The number of aliphatic carboxylic acids is 1. The third kappa shape index (κ3) is 3.17. The fourth-order valence-corrected chi connectivity index (χ4v) is 1.92. The van der Waals surface area contributed by atoms with Crippen molar-refractivity contribution in [2.75, 3.05) is 26.8 Å². The van der Waals surface area contributed by atoms with Gasteiger partial charge in [0.15, 0.2) is 0 Å². The van der Waals surface area contributed by atoms with E-state index in [9.17, 15) is 4.79 Å². The van der Waals surface area contributed by atoms with E-state index in [1.54, 1.807) is 7.11 Å². The molecule has 0 aromatic rings. The van der Waals surface area contributed by atoms with Crippen molar-refractivity contribution >= 4 is 5.97 Å². The average Bonchev–Trinajstić information content (AvgIpc) is 2.20. The van der Waals surface area contributed by atoms with E-state index in [1.165, 1.54) is 0 Å². The van der Waals surface area contributed by atoms with Crippen molar-refractivity contribution in [1.29, 1.82) is 0 Å². The van der Waals surface area contributed by atoms with Crippen LogP contribution in [-0.4, -0.2) is 60.5 Å². The van der Waals surface area contributed by atoms with Gasteiger partial charge in [0.1, 0.15) is 6.61 Å². The molecule has 1 N–H and O–H groups in total. The summed E-state index contributed by atoms with van der Waals surface area (Å²) in [4.78, 5) is 12.6. The fraction of sp³-hybridized carbons (Fsp3) is 0.909. The van der Waals surface area contributed by atoms with Crippen molar-refractivity contribution < 1.29 is 19.4 Å². The number of carboxylic acids is 1. The minimum atomic E-state index is -0.919. The summed E-state index contributed by atoms with van der Waals surface area (Å²) in [5, 5.41) is 8.54. The second-order valence-corrected chi connectivity index (χ2v) is 4.72. The maximum atomic E-state index is 10.4. The Balaban J connectivity index is 2.32. The van der Waals surface area contributed by atoms with Crippen molar-refractivity contribution in [3.05, 3.63) is 0 Å². The Bertz CT molecular complexity index is 250. The predicted molar refractivity (Wildman–Crippen MR) is 59.5 cm³/mol. The van der Waals surface area contributed by atoms with E-state index in [1.807, 2.05) is 13.8 Å². The van der Waals surface area contributed by atoms with E-state index < -0.39 is 5.97 Å². The van der Waals surface area contributed by atoms with Crippen molar-refractivity contribution in [3.63, 3.8) is 0 Å². The lowest BCUT2D eigenvalue weighted by Crippen LogP contribution is -2.65. The number of likely N-dealkylation sites (tertiary alicyclic amines) is 1. The molecule has 2 unspecified atom stereocenters. The standard InChI is InChI=1S/C11H21NO4/c1-8(9(2)15-4)12-6-11(3,7-12)16-5-10(13)14/h8-9H,5-7H2,1-4H3,(H,13,14). The monoisotopic (exact) mass is 231 g/mol. The average molecular weight is 231 g/mol. The maximum absolute atomic E-state index is 10.4. The van der Waals surface area contributed by atoms with Gasteiger partial charge in [0.05, 0.1) is 11.7 Å². The molecule has 0 aromatic heterocycles. The highest BCUT2D eigenvalue weighted by molar-refractivity contribution is 5.68. The molecule has 1 heterocycles. The van der Waals surface area contributed by atoms with Crippen LogP contribution >= 0.6 is 0 Å². The number of rotatable bonds is 6. The van der Waals surface area contributed by atoms with Gasteiger partial charge in [0.25, 0.3) is 0 Å². The second-order valence-electron chi connectivity index (χ2n) is 4.72. The fourth-order valence-electron chi connectivity index (χ4n) is 1.92. The van der Waals surface area contributed by atoms with E-state index >= 15 is 0 Å². The first-order valence-corrected chi connectivity index (χ1v) is 5.50. The molecule has 0 aromatic carbocycles. The molecular formula is C11H21NO4. The normalized spacial score (nSPS) is 23.5.